The molecule has 0 atom stereocenters. The summed E-state index contributed by atoms with van der Waals surface area (Å²) in [4.78, 5) is 31.4. The molecule has 2 amide bonds. The molecule has 9 nitrogen and oxygen atoms in total. The Morgan fingerprint density at radius 1 is 1.22 bits per heavy atom. The minimum atomic E-state index is -0.594. The summed E-state index contributed by atoms with van der Waals surface area (Å²) in [5, 5.41) is 7.21. The van der Waals surface area contributed by atoms with E-state index < -0.39 is 11.7 Å². The van der Waals surface area contributed by atoms with Crippen LogP contribution >= 0.6 is 0 Å². The second kappa shape index (κ2) is 8.86. The zero-order valence-corrected chi connectivity index (χ0v) is 18.5. The number of rotatable bonds is 0. The van der Waals surface area contributed by atoms with Crippen LogP contribution in [0.2, 0.25) is 0 Å². The quantitative estimate of drug-likeness (QED) is 0.580. The third kappa shape index (κ3) is 4.99. The van der Waals surface area contributed by atoms with Crippen molar-refractivity contribution in [2.45, 2.75) is 32.8 Å². The second-order valence-electron chi connectivity index (χ2n) is 8.59. The van der Waals surface area contributed by atoms with Crippen LogP contribution in [-0.2, 0) is 4.74 Å². The van der Waals surface area contributed by atoms with E-state index in [-0.39, 0.29) is 5.91 Å². The van der Waals surface area contributed by atoms with E-state index >= 15 is 0 Å². The first-order valence-corrected chi connectivity index (χ1v) is 10.6. The monoisotopic (exact) mass is 437 g/mol. The molecule has 168 valence electrons. The van der Waals surface area contributed by atoms with Crippen molar-refractivity contribution in [2.75, 3.05) is 26.2 Å². The van der Waals surface area contributed by atoms with Crippen molar-refractivity contribution >= 4 is 17.6 Å². The van der Waals surface area contributed by atoms with Crippen LogP contribution < -0.4 is 10.1 Å². The molecule has 3 heterocycles. The van der Waals surface area contributed by atoms with E-state index in [2.05, 4.69) is 15.4 Å². The van der Waals surface area contributed by atoms with Crippen molar-refractivity contribution in [1.82, 2.24) is 24.8 Å². The molecule has 0 unspecified atom stereocenters. The molecular weight excluding hydrogens is 410 g/mol. The lowest BCUT2D eigenvalue weighted by molar-refractivity contribution is 0.0225. The molecule has 0 aliphatic carbocycles. The van der Waals surface area contributed by atoms with Crippen molar-refractivity contribution in [2.24, 2.45) is 0 Å². The van der Waals surface area contributed by atoms with Crippen LogP contribution in [0.1, 0.15) is 37.7 Å². The summed E-state index contributed by atoms with van der Waals surface area (Å²) in [6, 6.07) is 9.22. The summed E-state index contributed by atoms with van der Waals surface area (Å²) in [6.45, 7) is 7.00. The van der Waals surface area contributed by atoms with E-state index in [1.165, 1.54) is 0 Å². The summed E-state index contributed by atoms with van der Waals surface area (Å²) < 4.78 is 13.1. The number of nitrogens with zero attached hydrogens (tertiary/aromatic N) is 4. The molecule has 4 rings (SSSR count). The smallest absolute Gasteiger partial charge is 0.410 e. The molecule has 1 N–H and O–H groups in total. The van der Waals surface area contributed by atoms with Gasteiger partial charge in [-0.25, -0.2) is 14.3 Å². The van der Waals surface area contributed by atoms with Crippen molar-refractivity contribution in [3.05, 3.63) is 48.4 Å². The number of benzene rings is 1. The second-order valence-corrected chi connectivity index (χ2v) is 8.59. The number of ether oxygens (including phenoxy) is 2. The molecule has 32 heavy (non-hydrogen) atoms. The maximum atomic E-state index is 12.6. The SMILES string of the molecule is CC(C)(C)OC(=O)N1CCCNC(=O)c2ccn3ncc(c3n2)-c2cccc(c2)OCC1. The van der Waals surface area contributed by atoms with Crippen molar-refractivity contribution in [3.63, 3.8) is 0 Å². The summed E-state index contributed by atoms with van der Waals surface area (Å²) in [5.41, 5.74) is 1.98. The Kier molecular flexibility index (Phi) is 5.98. The first-order valence-electron chi connectivity index (χ1n) is 10.6. The molecule has 0 saturated heterocycles. The molecule has 0 fully saturated rings. The van der Waals surface area contributed by atoms with Gasteiger partial charge in [0.2, 0.25) is 0 Å². The van der Waals surface area contributed by atoms with Gasteiger partial charge >= 0.3 is 6.09 Å². The normalized spacial score (nSPS) is 15.3. The van der Waals surface area contributed by atoms with Gasteiger partial charge in [-0.15, -0.1) is 0 Å². The van der Waals surface area contributed by atoms with Crippen LogP contribution in [-0.4, -0.2) is 63.3 Å². The summed E-state index contributed by atoms with van der Waals surface area (Å²) in [5.74, 6) is 0.402. The fourth-order valence-corrected chi connectivity index (χ4v) is 3.41. The number of aromatic nitrogens is 3. The Bertz CT molecular complexity index is 1130. The van der Waals surface area contributed by atoms with E-state index in [0.717, 1.165) is 11.1 Å². The summed E-state index contributed by atoms with van der Waals surface area (Å²) in [7, 11) is 0. The van der Waals surface area contributed by atoms with Gasteiger partial charge in [0.15, 0.2) is 5.65 Å². The van der Waals surface area contributed by atoms with Gasteiger partial charge in [0.05, 0.1) is 12.7 Å². The van der Waals surface area contributed by atoms with Crippen LogP contribution in [0, 0.1) is 0 Å². The number of carbonyl (C=O) groups is 2. The number of fused-ring (bicyclic) bond motifs is 4. The standard InChI is InChI=1S/C23H27N5O4/c1-23(2,3)32-22(30)27-10-5-9-24-21(29)19-8-11-28-20(26-19)18(15-25-28)16-6-4-7-17(14-16)31-13-12-27/h4,6-8,11,14-15H,5,9-10,12-13H2,1-3H3,(H,24,29). The molecule has 0 spiro atoms. The zero-order valence-electron chi connectivity index (χ0n) is 18.5. The van der Waals surface area contributed by atoms with Gasteiger partial charge in [-0.1, -0.05) is 12.1 Å². The molecule has 1 aliphatic heterocycles. The van der Waals surface area contributed by atoms with Crippen LogP contribution in [0.3, 0.4) is 0 Å². The molecule has 0 radical (unpaired) electrons. The molecular formula is C23H27N5O4. The predicted molar refractivity (Wildman–Crippen MR) is 119 cm³/mol. The number of hydrogen-bond donors (Lipinski definition) is 1. The van der Waals surface area contributed by atoms with E-state index in [9.17, 15) is 9.59 Å². The molecule has 0 saturated carbocycles. The molecule has 9 heteroatoms. The van der Waals surface area contributed by atoms with Gasteiger partial charge in [0.25, 0.3) is 5.91 Å². The lowest BCUT2D eigenvalue weighted by Gasteiger charge is -2.27. The highest BCUT2D eigenvalue weighted by atomic mass is 16.6. The highest BCUT2D eigenvalue weighted by molar-refractivity contribution is 5.93. The fourth-order valence-electron chi connectivity index (χ4n) is 3.41. The Hall–Kier alpha value is -3.62. The van der Waals surface area contributed by atoms with Crippen molar-refractivity contribution < 1.29 is 19.1 Å². The van der Waals surface area contributed by atoms with E-state index in [0.29, 0.717) is 49.8 Å². The average molecular weight is 438 g/mol. The van der Waals surface area contributed by atoms with Gasteiger partial charge in [-0.05, 0) is 51.0 Å². The molecule has 4 bridgehead atoms. The Balaban J connectivity index is 1.63. The topological polar surface area (TPSA) is 98.1 Å². The molecule has 1 aromatic carbocycles. The predicted octanol–water partition coefficient (Wildman–Crippen LogP) is 3.15. The lowest BCUT2D eigenvalue weighted by atomic mass is 10.1. The van der Waals surface area contributed by atoms with Crippen LogP contribution in [0.5, 0.6) is 5.75 Å². The Morgan fingerprint density at radius 3 is 2.88 bits per heavy atom. The maximum absolute atomic E-state index is 12.6. The van der Waals surface area contributed by atoms with Crippen LogP contribution in [0.25, 0.3) is 16.8 Å². The molecule has 3 aromatic rings. The van der Waals surface area contributed by atoms with Crippen LogP contribution in [0.4, 0.5) is 4.79 Å². The highest BCUT2D eigenvalue weighted by Crippen LogP contribution is 2.27. The zero-order chi connectivity index (χ0) is 22.7. The number of carbonyl (C=O) groups excluding carboxylic acids is 2. The Morgan fingerprint density at radius 2 is 2.06 bits per heavy atom. The molecule has 2 aromatic heterocycles. The molecule has 1 aliphatic rings. The first-order chi connectivity index (χ1) is 15.3. The van der Waals surface area contributed by atoms with E-state index in [1.54, 1.807) is 27.9 Å². The largest absolute Gasteiger partial charge is 0.492 e. The summed E-state index contributed by atoms with van der Waals surface area (Å²) >= 11 is 0. The van der Waals surface area contributed by atoms with E-state index in [4.69, 9.17) is 9.47 Å². The minimum Gasteiger partial charge on any atom is -0.492 e. The minimum absolute atomic E-state index is 0.271. The maximum Gasteiger partial charge on any atom is 0.410 e. The van der Waals surface area contributed by atoms with Crippen LogP contribution in [0.15, 0.2) is 42.7 Å². The van der Waals surface area contributed by atoms with Gasteiger partial charge < -0.3 is 19.7 Å². The third-order valence-corrected chi connectivity index (χ3v) is 4.92. The Labute approximate surface area is 186 Å². The van der Waals surface area contributed by atoms with E-state index in [1.807, 2.05) is 45.0 Å². The van der Waals surface area contributed by atoms with Gasteiger partial charge in [0, 0.05) is 24.8 Å². The van der Waals surface area contributed by atoms with Crippen molar-refractivity contribution in [1.29, 1.82) is 0 Å². The van der Waals surface area contributed by atoms with Gasteiger partial charge in [-0.3, -0.25) is 4.79 Å². The lowest BCUT2D eigenvalue weighted by Crippen LogP contribution is -2.40. The number of amides is 2. The van der Waals surface area contributed by atoms with Gasteiger partial charge in [0.1, 0.15) is 23.7 Å². The highest BCUT2D eigenvalue weighted by Gasteiger charge is 2.22. The third-order valence-electron chi connectivity index (χ3n) is 4.92. The number of nitrogens with one attached hydrogen (secondary N) is 1. The van der Waals surface area contributed by atoms with Crippen molar-refractivity contribution in [3.8, 4) is 16.9 Å². The van der Waals surface area contributed by atoms with Gasteiger partial charge in [-0.2, -0.15) is 5.10 Å². The number of hydrogen-bond acceptors (Lipinski definition) is 6. The first kappa shape index (κ1) is 21.6. The average Bonchev–Trinajstić information content (AvgIpc) is 3.17. The summed E-state index contributed by atoms with van der Waals surface area (Å²) in [6.07, 6.45) is 3.60. The fraction of sp³-hybridized carbons (Fsp3) is 0.391.